The number of aryl methyl sites for hydroxylation is 1. The Morgan fingerprint density at radius 1 is 1.20 bits per heavy atom. The maximum Gasteiger partial charge on any atom is 0.490 e. The van der Waals surface area contributed by atoms with E-state index < -0.39 is 12.1 Å². The van der Waals surface area contributed by atoms with Crippen LogP contribution < -0.4 is 0 Å². The predicted octanol–water partition coefficient (Wildman–Crippen LogP) is 1.73. The highest BCUT2D eigenvalue weighted by Crippen LogP contribution is 2.34. The van der Waals surface area contributed by atoms with Crippen LogP contribution in [0.4, 0.5) is 13.2 Å². The summed E-state index contributed by atoms with van der Waals surface area (Å²) in [5, 5.41) is 7.12. The van der Waals surface area contributed by atoms with Crippen molar-refractivity contribution in [3.05, 3.63) is 23.7 Å². The van der Waals surface area contributed by atoms with Gasteiger partial charge in [-0.25, -0.2) is 4.79 Å². The summed E-state index contributed by atoms with van der Waals surface area (Å²) in [6, 6.07) is 3.97. The molecule has 1 atom stereocenters. The SMILES string of the molecule is CC(=O)N1CCN(Cc2ccc(C)o2)CC2(CC(=O)N(C)C2)C1.O=C(O)C(F)(F)F. The molecule has 3 heterocycles. The van der Waals surface area contributed by atoms with Crippen molar-refractivity contribution < 1.29 is 37.1 Å². The molecule has 2 amide bonds. The Bertz CT molecular complexity index is 795. The lowest BCUT2D eigenvalue weighted by molar-refractivity contribution is -0.192. The van der Waals surface area contributed by atoms with Crippen LogP contribution in [0.25, 0.3) is 0 Å². The van der Waals surface area contributed by atoms with Gasteiger partial charge in [0.2, 0.25) is 11.8 Å². The molecular formula is C19H26F3N3O5. The van der Waals surface area contributed by atoms with E-state index in [0.29, 0.717) is 26.1 Å². The molecule has 3 rings (SSSR count). The Hall–Kier alpha value is -2.56. The van der Waals surface area contributed by atoms with Crippen LogP contribution in [0, 0.1) is 12.3 Å². The average Bonchev–Trinajstić information content (AvgIpc) is 3.07. The molecule has 2 saturated heterocycles. The molecule has 1 aromatic heterocycles. The first-order chi connectivity index (χ1) is 13.8. The summed E-state index contributed by atoms with van der Waals surface area (Å²) in [6.45, 7) is 7.96. The fourth-order valence-electron chi connectivity index (χ4n) is 3.86. The van der Waals surface area contributed by atoms with Gasteiger partial charge in [0, 0.05) is 58.5 Å². The van der Waals surface area contributed by atoms with Gasteiger partial charge in [0.05, 0.1) is 6.54 Å². The van der Waals surface area contributed by atoms with Gasteiger partial charge >= 0.3 is 12.1 Å². The highest BCUT2D eigenvalue weighted by atomic mass is 19.4. The summed E-state index contributed by atoms with van der Waals surface area (Å²) < 4.78 is 37.4. The molecule has 1 N–H and O–H groups in total. The van der Waals surface area contributed by atoms with Crippen LogP contribution in [-0.2, 0) is 20.9 Å². The third-order valence-corrected chi connectivity index (χ3v) is 5.16. The zero-order valence-electron chi connectivity index (χ0n) is 17.2. The van der Waals surface area contributed by atoms with E-state index in [1.807, 2.05) is 31.0 Å². The van der Waals surface area contributed by atoms with E-state index in [1.54, 1.807) is 11.8 Å². The number of nitrogens with zero attached hydrogens (tertiary/aromatic N) is 3. The van der Waals surface area contributed by atoms with Gasteiger partial charge in [-0.1, -0.05) is 0 Å². The van der Waals surface area contributed by atoms with Gasteiger partial charge in [0.15, 0.2) is 0 Å². The molecule has 0 aliphatic carbocycles. The van der Waals surface area contributed by atoms with Crippen LogP contribution >= 0.6 is 0 Å². The van der Waals surface area contributed by atoms with Gasteiger partial charge in [0.25, 0.3) is 0 Å². The van der Waals surface area contributed by atoms with Crippen LogP contribution in [0.2, 0.25) is 0 Å². The molecule has 0 radical (unpaired) electrons. The van der Waals surface area contributed by atoms with Gasteiger partial charge in [-0.2, -0.15) is 13.2 Å². The standard InChI is InChI=1S/C17H25N3O3.C2HF3O2/c1-13-4-5-15(23-13)9-19-6-7-20(14(2)21)12-17(11-19)8-16(22)18(3)10-17;3-2(4,5)1(6)7/h4-5H,6-12H2,1-3H3;(H,6,7). The van der Waals surface area contributed by atoms with Gasteiger partial charge in [-0.05, 0) is 19.1 Å². The fourth-order valence-corrected chi connectivity index (χ4v) is 3.86. The zero-order valence-corrected chi connectivity index (χ0v) is 17.2. The largest absolute Gasteiger partial charge is 0.490 e. The highest BCUT2D eigenvalue weighted by Gasteiger charge is 2.45. The number of hydrogen-bond acceptors (Lipinski definition) is 5. The number of amides is 2. The quantitative estimate of drug-likeness (QED) is 0.764. The van der Waals surface area contributed by atoms with Crippen molar-refractivity contribution in [2.24, 2.45) is 5.41 Å². The molecule has 0 saturated carbocycles. The third kappa shape index (κ3) is 6.22. The number of halogens is 3. The van der Waals surface area contributed by atoms with Gasteiger partial charge in [-0.15, -0.1) is 0 Å². The smallest absolute Gasteiger partial charge is 0.475 e. The van der Waals surface area contributed by atoms with Crippen molar-refractivity contribution in [2.75, 3.05) is 39.8 Å². The lowest BCUT2D eigenvalue weighted by atomic mass is 9.86. The lowest BCUT2D eigenvalue weighted by Crippen LogP contribution is -2.43. The van der Waals surface area contributed by atoms with Crippen LogP contribution in [0.5, 0.6) is 0 Å². The molecule has 1 aromatic rings. The number of alkyl halides is 3. The number of likely N-dealkylation sites (tertiary alicyclic amines) is 1. The van der Waals surface area contributed by atoms with Crippen molar-refractivity contribution in [1.29, 1.82) is 0 Å². The maximum atomic E-state index is 12.1. The minimum atomic E-state index is -5.08. The summed E-state index contributed by atoms with van der Waals surface area (Å²) >= 11 is 0. The Labute approximate surface area is 172 Å². The number of carboxylic acids is 1. The minimum absolute atomic E-state index is 0.0853. The third-order valence-electron chi connectivity index (χ3n) is 5.16. The summed E-state index contributed by atoms with van der Waals surface area (Å²) in [5.41, 5.74) is -0.171. The number of carboxylic acid groups (broad SMARTS) is 1. The van der Waals surface area contributed by atoms with Crippen molar-refractivity contribution >= 4 is 17.8 Å². The van der Waals surface area contributed by atoms with E-state index in [9.17, 15) is 22.8 Å². The monoisotopic (exact) mass is 433 g/mol. The molecular weight excluding hydrogens is 407 g/mol. The molecule has 0 aromatic carbocycles. The number of rotatable bonds is 2. The van der Waals surface area contributed by atoms with E-state index in [2.05, 4.69) is 4.90 Å². The number of hydrogen-bond donors (Lipinski definition) is 1. The average molecular weight is 433 g/mol. The number of aliphatic carboxylic acids is 1. The van der Waals surface area contributed by atoms with E-state index in [-0.39, 0.29) is 17.2 Å². The minimum Gasteiger partial charge on any atom is -0.475 e. The highest BCUT2D eigenvalue weighted by molar-refractivity contribution is 5.80. The summed E-state index contributed by atoms with van der Waals surface area (Å²) in [5.74, 6) is -0.656. The van der Waals surface area contributed by atoms with Gasteiger partial charge in [-0.3, -0.25) is 14.5 Å². The molecule has 30 heavy (non-hydrogen) atoms. The summed E-state index contributed by atoms with van der Waals surface area (Å²) in [7, 11) is 1.85. The molecule has 1 unspecified atom stereocenters. The Balaban J connectivity index is 0.000000396. The van der Waals surface area contributed by atoms with Gasteiger partial charge in [0.1, 0.15) is 11.5 Å². The molecule has 2 aliphatic heterocycles. The topological polar surface area (TPSA) is 94.3 Å². The molecule has 11 heteroatoms. The molecule has 2 aliphatic rings. The van der Waals surface area contributed by atoms with E-state index in [1.165, 1.54) is 0 Å². The summed E-state index contributed by atoms with van der Waals surface area (Å²) in [6.07, 6.45) is -4.57. The van der Waals surface area contributed by atoms with Crippen LogP contribution in [0.1, 0.15) is 24.9 Å². The van der Waals surface area contributed by atoms with Crippen molar-refractivity contribution in [1.82, 2.24) is 14.7 Å². The van der Waals surface area contributed by atoms with Crippen molar-refractivity contribution in [3.63, 3.8) is 0 Å². The van der Waals surface area contributed by atoms with Crippen LogP contribution in [0.3, 0.4) is 0 Å². The molecule has 168 valence electrons. The maximum absolute atomic E-state index is 12.1. The fraction of sp³-hybridized carbons (Fsp3) is 0.632. The molecule has 0 bridgehead atoms. The Morgan fingerprint density at radius 3 is 2.27 bits per heavy atom. The van der Waals surface area contributed by atoms with E-state index in [0.717, 1.165) is 31.2 Å². The number of carbonyl (C=O) groups is 3. The van der Waals surface area contributed by atoms with E-state index >= 15 is 0 Å². The van der Waals surface area contributed by atoms with Crippen LogP contribution in [-0.4, -0.2) is 83.5 Å². The summed E-state index contributed by atoms with van der Waals surface area (Å²) in [4.78, 5) is 38.9. The van der Waals surface area contributed by atoms with Crippen molar-refractivity contribution in [3.8, 4) is 0 Å². The Morgan fingerprint density at radius 2 is 1.83 bits per heavy atom. The van der Waals surface area contributed by atoms with Gasteiger partial charge < -0.3 is 19.3 Å². The zero-order chi connectivity index (χ0) is 22.7. The van der Waals surface area contributed by atoms with E-state index in [4.69, 9.17) is 14.3 Å². The second kappa shape index (κ2) is 9.07. The normalized spacial score (nSPS) is 22.7. The van der Waals surface area contributed by atoms with Crippen molar-refractivity contribution in [2.45, 2.75) is 33.0 Å². The first kappa shape index (κ1) is 23.7. The number of furan rings is 1. The first-order valence-electron chi connectivity index (χ1n) is 9.38. The van der Waals surface area contributed by atoms with Crippen LogP contribution in [0.15, 0.2) is 16.5 Å². The molecule has 2 fully saturated rings. The lowest BCUT2D eigenvalue weighted by Gasteiger charge is -2.33. The molecule has 1 spiro atoms. The molecule has 8 nitrogen and oxygen atoms in total. The number of carbonyl (C=O) groups excluding carboxylic acids is 2. The second-order valence-electron chi connectivity index (χ2n) is 7.89. The Kier molecular flexibility index (Phi) is 7.17. The predicted molar refractivity (Wildman–Crippen MR) is 99.4 cm³/mol. The first-order valence-corrected chi connectivity index (χ1v) is 9.38. The second-order valence-corrected chi connectivity index (χ2v) is 7.89.